The van der Waals surface area contributed by atoms with E-state index in [1.165, 1.54) is 18.2 Å². The lowest BCUT2D eigenvalue weighted by molar-refractivity contribution is -0.385. The first-order valence-electron chi connectivity index (χ1n) is 9.06. The van der Waals surface area contributed by atoms with E-state index in [9.17, 15) is 19.7 Å². The number of hydrogen-bond donors (Lipinski definition) is 1. The number of nitro benzene ring substituents is 1. The lowest BCUT2D eigenvalue weighted by Gasteiger charge is -2.36. The number of hydrogen-bond acceptors (Lipinski definition) is 5. The number of aryl methyl sites for hydroxylation is 1. The minimum Gasteiger partial charge on any atom is -0.368 e. The summed E-state index contributed by atoms with van der Waals surface area (Å²) in [5, 5.41) is 13.6. The first kappa shape index (κ1) is 19.3. The molecule has 1 heterocycles. The van der Waals surface area contributed by atoms with Crippen molar-refractivity contribution in [3.8, 4) is 0 Å². The molecule has 2 aromatic rings. The van der Waals surface area contributed by atoms with E-state index in [2.05, 4.69) is 10.2 Å². The summed E-state index contributed by atoms with van der Waals surface area (Å²) in [6.45, 7) is 4.10. The van der Waals surface area contributed by atoms with E-state index in [1.807, 2.05) is 30.3 Å². The molecule has 0 atom stereocenters. The van der Waals surface area contributed by atoms with Crippen molar-refractivity contribution in [1.82, 2.24) is 10.2 Å². The van der Waals surface area contributed by atoms with Gasteiger partial charge in [-0.3, -0.25) is 19.7 Å². The fourth-order valence-corrected chi connectivity index (χ4v) is 3.17. The van der Waals surface area contributed by atoms with Gasteiger partial charge >= 0.3 is 0 Å². The minimum atomic E-state index is -0.524. The highest BCUT2D eigenvalue weighted by molar-refractivity contribution is 5.97. The summed E-state index contributed by atoms with van der Waals surface area (Å²) in [7, 11) is 0. The van der Waals surface area contributed by atoms with Crippen LogP contribution in [0.1, 0.15) is 15.9 Å². The second kappa shape index (κ2) is 8.51. The number of para-hydroxylation sites is 1. The summed E-state index contributed by atoms with van der Waals surface area (Å²) in [4.78, 5) is 39.1. The third kappa shape index (κ3) is 4.46. The molecule has 8 heteroatoms. The zero-order valence-electron chi connectivity index (χ0n) is 15.6. The molecule has 0 aromatic heterocycles. The third-order valence-corrected chi connectivity index (χ3v) is 4.82. The van der Waals surface area contributed by atoms with Crippen molar-refractivity contribution in [2.75, 3.05) is 37.6 Å². The molecule has 1 aliphatic heterocycles. The van der Waals surface area contributed by atoms with Gasteiger partial charge in [0.15, 0.2) is 0 Å². The van der Waals surface area contributed by atoms with Crippen LogP contribution in [0.4, 0.5) is 11.4 Å². The molecule has 2 aromatic carbocycles. The zero-order chi connectivity index (χ0) is 20.1. The predicted octanol–water partition coefficient (Wildman–Crippen LogP) is 1.98. The van der Waals surface area contributed by atoms with Crippen molar-refractivity contribution in [3.63, 3.8) is 0 Å². The van der Waals surface area contributed by atoms with Crippen LogP contribution in [-0.4, -0.2) is 54.4 Å². The molecule has 3 rings (SSSR count). The number of rotatable bonds is 5. The van der Waals surface area contributed by atoms with E-state index >= 15 is 0 Å². The van der Waals surface area contributed by atoms with Gasteiger partial charge in [-0.1, -0.05) is 24.3 Å². The highest BCUT2D eigenvalue weighted by Crippen LogP contribution is 2.19. The van der Waals surface area contributed by atoms with Crippen LogP contribution >= 0.6 is 0 Å². The maximum atomic E-state index is 12.4. The minimum absolute atomic E-state index is 0.115. The summed E-state index contributed by atoms with van der Waals surface area (Å²) in [6, 6.07) is 14.3. The van der Waals surface area contributed by atoms with Crippen LogP contribution < -0.4 is 10.2 Å². The molecular formula is C20H22N4O4. The Morgan fingerprint density at radius 3 is 2.39 bits per heavy atom. The molecule has 0 bridgehead atoms. The van der Waals surface area contributed by atoms with Gasteiger partial charge in [-0.2, -0.15) is 0 Å². The maximum Gasteiger partial charge on any atom is 0.273 e. The normalized spacial score (nSPS) is 13.9. The van der Waals surface area contributed by atoms with Gasteiger partial charge < -0.3 is 15.1 Å². The van der Waals surface area contributed by atoms with Crippen LogP contribution in [-0.2, 0) is 4.79 Å². The number of piperazine rings is 1. The second-order valence-electron chi connectivity index (χ2n) is 6.64. The Hall–Kier alpha value is -3.42. The third-order valence-electron chi connectivity index (χ3n) is 4.82. The fraction of sp³-hybridized carbons (Fsp3) is 0.300. The number of benzene rings is 2. The topological polar surface area (TPSA) is 95.8 Å². The van der Waals surface area contributed by atoms with Crippen molar-refractivity contribution in [2.45, 2.75) is 6.92 Å². The number of amides is 2. The van der Waals surface area contributed by atoms with Crippen LogP contribution in [0.15, 0.2) is 48.5 Å². The number of nitrogens with zero attached hydrogens (tertiary/aromatic N) is 3. The molecular weight excluding hydrogens is 360 g/mol. The van der Waals surface area contributed by atoms with E-state index in [4.69, 9.17) is 0 Å². The van der Waals surface area contributed by atoms with Crippen LogP contribution in [0.3, 0.4) is 0 Å². The molecule has 1 fully saturated rings. The Kier molecular flexibility index (Phi) is 5.88. The van der Waals surface area contributed by atoms with Gasteiger partial charge in [0, 0.05) is 49.1 Å². The Labute approximate surface area is 162 Å². The van der Waals surface area contributed by atoms with E-state index in [0.717, 1.165) is 18.8 Å². The molecule has 1 N–H and O–H groups in total. The van der Waals surface area contributed by atoms with Gasteiger partial charge in [-0.05, 0) is 25.1 Å². The van der Waals surface area contributed by atoms with Gasteiger partial charge in [-0.15, -0.1) is 0 Å². The van der Waals surface area contributed by atoms with Crippen molar-refractivity contribution in [2.24, 2.45) is 0 Å². The summed E-state index contributed by atoms with van der Waals surface area (Å²) >= 11 is 0. The van der Waals surface area contributed by atoms with Gasteiger partial charge in [0.1, 0.15) is 0 Å². The standard InChI is InChI=1S/C20H22N4O4/c1-15-7-8-16(13-18(15)24(27)28)20(26)21-14-19(25)23-11-9-22(10-12-23)17-5-3-2-4-6-17/h2-8,13H,9-12,14H2,1H3,(H,21,26). The quantitative estimate of drug-likeness (QED) is 0.630. The Morgan fingerprint density at radius 1 is 1.07 bits per heavy atom. The monoisotopic (exact) mass is 382 g/mol. The average Bonchev–Trinajstić information content (AvgIpc) is 2.72. The van der Waals surface area contributed by atoms with Gasteiger partial charge in [0.05, 0.1) is 11.5 Å². The molecule has 0 radical (unpaired) electrons. The highest BCUT2D eigenvalue weighted by Gasteiger charge is 2.22. The van der Waals surface area contributed by atoms with E-state index in [1.54, 1.807) is 11.8 Å². The second-order valence-corrected chi connectivity index (χ2v) is 6.64. The molecule has 0 spiro atoms. The van der Waals surface area contributed by atoms with E-state index < -0.39 is 10.8 Å². The van der Waals surface area contributed by atoms with Crippen molar-refractivity contribution >= 4 is 23.2 Å². The SMILES string of the molecule is Cc1ccc(C(=O)NCC(=O)N2CCN(c3ccccc3)CC2)cc1[N+](=O)[O-]. The number of nitrogens with one attached hydrogen (secondary N) is 1. The van der Waals surface area contributed by atoms with Crippen molar-refractivity contribution in [1.29, 1.82) is 0 Å². The molecule has 0 saturated carbocycles. The van der Waals surface area contributed by atoms with Crippen LogP contribution in [0.2, 0.25) is 0 Å². The number of carbonyl (C=O) groups excluding carboxylic acids is 2. The predicted molar refractivity (Wildman–Crippen MR) is 105 cm³/mol. The van der Waals surface area contributed by atoms with Gasteiger partial charge in [-0.25, -0.2) is 0 Å². The van der Waals surface area contributed by atoms with Crippen LogP contribution in [0.25, 0.3) is 0 Å². The largest absolute Gasteiger partial charge is 0.368 e. The first-order chi connectivity index (χ1) is 13.5. The molecule has 0 unspecified atom stereocenters. The smallest absolute Gasteiger partial charge is 0.273 e. The molecule has 28 heavy (non-hydrogen) atoms. The van der Waals surface area contributed by atoms with Crippen molar-refractivity contribution in [3.05, 3.63) is 69.8 Å². The summed E-state index contributed by atoms with van der Waals surface area (Å²) in [6.07, 6.45) is 0. The highest BCUT2D eigenvalue weighted by atomic mass is 16.6. The summed E-state index contributed by atoms with van der Waals surface area (Å²) < 4.78 is 0. The Balaban J connectivity index is 1.51. The number of nitro groups is 1. The molecule has 1 saturated heterocycles. The molecule has 0 aliphatic carbocycles. The Bertz CT molecular complexity index is 877. The number of carbonyl (C=O) groups is 2. The zero-order valence-corrected chi connectivity index (χ0v) is 15.6. The van der Waals surface area contributed by atoms with E-state index in [-0.39, 0.29) is 23.7 Å². The number of anilines is 1. The lowest BCUT2D eigenvalue weighted by Crippen LogP contribution is -2.51. The fourth-order valence-electron chi connectivity index (χ4n) is 3.17. The van der Waals surface area contributed by atoms with Crippen LogP contribution in [0.5, 0.6) is 0 Å². The van der Waals surface area contributed by atoms with Crippen molar-refractivity contribution < 1.29 is 14.5 Å². The van der Waals surface area contributed by atoms with Gasteiger partial charge in [0.25, 0.3) is 11.6 Å². The van der Waals surface area contributed by atoms with E-state index in [0.29, 0.717) is 18.7 Å². The van der Waals surface area contributed by atoms with Crippen LogP contribution in [0, 0.1) is 17.0 Å². The lowest BCUT2D eigenvalue weighted by atomic mass is 10.1. The molecule has 1 aliphatic rings. The first-order valence-corrected chi connectivity index (χ1v) is 9.06. The average molecular weight is 382 g/mol. The van der Waals surface area contributed by atoms with Gasteiger partial charge in [0.2, 0.25) is 5.91 Å². The Morgan fingerprint density at radius 2 is 1.75 bits per heavy atom. The molecule has 146 valence electrons. The maximum absolute atomic E-state index is 12.4. The summed E-state index contributed by atoms with van der Waals surface area (Å²) in [5.41, 5.74) is 1.66. The molecule has 8 nitrogen and oxygen atoms in total. The summed E-state index contributed by atoms with van der Waals surface area (Å²) in [5.74, 6) is -0.665. The molecule has 2 amide bonds.